The molecule has 118 valence electrons. The molecule has 0 aromatic heterocycles. The van der Waals surface area contributed by atoms with Crippen LogP contribution in [0.4, 0.5) is 5.69 Å². The van der Waals surface area contributed by atoms with Crippen LogP contribution in [0.15, 0.2) is 18.2 Å². The molecule has 1 aliphatic rings. The van der Waals surface area contributed by atoms with Gasteiger partial charge in [-0.2, -0.15) is 0 Å². The maximum atomic E-state index is 11.7. The summed E-state index contributed by atoms with van der Waals surface area (Å²) < 4.78 is 23.4. The highest BCUT2D eigenvalue weighted by molar-refractivity contribution is 7.91. The lowest BCUT2D eigenvalue weighted by molar-refractivity contribution is 0.600. The molecule has 0 bridgehead atoms. The fourth-order valence-corrected chi connectivity index (χ4v) is 4.70. The minimum Gasteiger partial charge on any atom is -0.370 e. The van der Waals surface area contributed by atoms with Crippen LogP contribution in [0.3, 0.4) is 0 Å². The molecule has 5 heteroatoms. The minimum atomic E-state index is -2.86. The van der Waals surface area contributed by atoms with Gasteiger partial charge in [-0.25, -0.2) is 8.42 Å². The average molecular weight is 310 g/mol. The highest BCUT2D eigenvalue weighted by Crippen LogP contribution is 2.28. The first-order valence-corrected chi connectivity index (χ1v) is 9.43. The molecule has 1 aromatic carbocycles. The van der Waals surface area contributed by atoms with Crippen molar-refractivity contribution in [2.75, 3.05) is 23.5 Å². The largest absolute Gasteiger partial charge is 0.370 e. The summed E-state index contributed by atoms with van der Waals surface area (Å²) in [6.07, 6.45) is 2.48. The van der Waals surface area contributed by atoms with Crippen LogP contribution < -0.4 is 10.6 Å². The van der Waals surface area contributed by atoms with Crippen LogP contribution in [-0.4, -0.2) is 39.1 Å². The lowest BCUT2D eigenvalue weighted by atomic mass is 9.99. The molecule has 2 atom stereocenters. The van der Waals surface area contributed by atoms with Gasteiger partial charge in [0.1, 0.15) is 0 Å². The molecule has 4 nitrogen and oxygen atoms in total. The van der Waals surface area contributed by atoms with Crippen molar-refractivity contribution >= 4 is 15.5 Å². The van der Waals surface area contributed by atoms with Gasteiger partial charge in [0.15, 0.2) is 9.84 Å². The van der Waals surface area contributed by atoms with Crippen LogP contribution in [0, 0.1) is 6.92 Å². The number of nitrogens with zero attached hydrogens (tertiary/aromatic N) is 1. The summed E-state index contributed by atoms with van der Waals surface area (Å²) >= 11 is 0. The zero-order chi connectivity index (χ0) is 15.6. The van der Waals surface area contributed by atoms with E-state index in [1.165, 1.54) is 11.1 Å². The van der Waals surface area contributed by atoms with Crippen LogP contribution >= 0.6 is 0 Å². The lowest BCUT2D eigenvalue weighted by Gasteiger charge is -2.29. The van der Waals surface area contributed by atoms with Crippen LogP contribution in [0.1, 0.15) is 30.9 Å². The van der Waals surface area contributed by atoms with E-state index in [2.05, 4.69) is 36.9 Å². The topological polar surface area (TPSA) is 63.4 Å². The Hall–Kier alpha value is -1.07. The van der Waals surface area contributed by atoms with E-state index in [0.717, 1.165) is 18.5 Å². The second-order valence-corrected chi connectivity index (χ2v) is 8.40. The highest BCUT2D eigenvalue weighted by Gasteiger charge is 2.31. The number of anilines is 1. The number of sulfone groups is 1. The summed E-state index contributed by atoms with van der Waals surface area (Å²) in [6, 6.07) is 6.57. The number of benzene rings is 1. The summed E-state index contributed by atoms with van der Waals surface area (Å²) in [4.78, 5) is 2.13. The van der Waals surface area contributed by atoms with Gasteiger partial charge in [0, 0.05) is 24.8 Å². The van der Waals surface area contributed by atoms with E-state index in [4.69, 9.17) is 5.73 Å². The van der Waals surface area contributed by atoms with Gasteiger partial charge in [-0.15, -0.1) is 0 Å². The Morgan fingerprint density at radius 1 is 1.43 bits per heavy atom. The van der Waals surface area contributed by atoms with Gasteiger partial charge >= 0.3 is 0 Å². The molecule has 2 N–H and O–H groups in total. The zero-order valence-corrected chi connectivity index (χ0v) is 14.0. The predicted octanol–water partition coefficient (Wildman–Crippen LogP) is 1.90. The average Bonchev–Trinajstić information content (AvgIpc) is 2.78. The van der Waals surface area contributed by atoms with Gasteiger partial charge in [-0.3, -0.25) is 0 Å². The van der Waals surface area contributed by atoms with Crippen LogP contribution in [0.2, 0.25) is 0 Å². The molecule has 1 saturated heterocycles. The Morgan fingerprint density at radius 2 is 2.14 bits per heavy atom. The maximum absolute atomic E-state index is 11.7. The van der Waals surface area contributed by atoms with Gasteiger partial charge in [0.25, 0.3) is 0 Å². The van der Waals surface area contributed by atoms with Crippen LogP contribution in [0.25, 0.3) is 0 Å². The van der Waals surface area contributed by atoms with Crippen molar-refractivity contribution in [3.8, 4) is 0 Å². The Labute approximate surface area is 128 Å². The van der Waals surface area contributed by atoms with Crippen molar-refractivity contribution in [1.29, 1.82) is 0 Å². The van der Waals surface area contributed by atoms with E-state index in [-0.39, 0.29) is 17.8 Å². The number of nitrogens with two attached hydrogens (primary N) is 1. The molecular weight excluding hydrogens is 284 g/mol. The van der Waals surface area contributed by atoms with Crippen molar-refractivity contribution < 1.29 is 8.42 Å². The van der Waals surface area contributed by atoms with Crippen LogP contribution in [0.5, 0.6) is 0 Å². The molecule has 1 heterocycles. The van der Waals surface area contributed by atoms with Crippen molar-refractivity contribution in [3.05, 3.63) is 29.3 Å². The molecule has 0 amide bonds. The third-order valence-electron chi connectivity index (χ3n) is 4.38. The first kappa shape index (κ1) is 16.3. The molecule has 0 radical (unpaired) electrons. The molecule has 1 aromatic rings. The highest BCUT2D eigenvalue weighted by atomic mass is 32.2. The van der Waals surface area contributed by atoms with E-state index in [1.54, 1.807) is 0 Å². The monoisotopic (exact) mass is 310 g/mol. The third kappa shape index (κ3) is 3.98. The molecular formula is C16H26N2O2S. The number of aryl methyl sites for hydroxylation is 1. The summed E-state index contributed by atoms with van der Waals surface area (Å²) in [5.74, 6) is 0.564. The molecule has 1 aliphatic heterocycles. The van der Waals surface area contributed by atoms with Gasteiger partial charge in [0.05, 0.1) is 11.5 Å². The van der Waals surface area contributed by atoms with E-state index < -0.39 is 9.84 Å². The first-order valence-electron chi connectivity index (χ1n) is 7.60. The second-order valence-electron chi connectivity index (χ2n) is 6.17. The molecule has 2 unspecified atom stereocenters. The first-order chi connectivity index (χ1) is 9.82. The van der Waals surface area contributed by atoms with Crippen molar-refractivity contribution in [1.82, 2.24) is 0 Å². The lowest BCUT2D eigenvalue weighted by Crippen LogP contribution is -2.34. The zero-order valence-electron chi connectivity index (χ0n) is 13.2. The summed E-state index contributed by atoms with van der Waals surface area (Å²) in [7, 11) is -0.866. The molecule has 1 fully saturated rings. The molecule has 21 heavy (non-hydrogen) atoms. The third-order valence-corrected chi connectivity index (χ3v) is 6.13. The molecule has 0 saturated carbocycles. The van der Waals surface area contributed by atoms with Gasteiger partial charge < -0.3 is 10.6 Å². The number of rotatable bonds is 5. The predicted molar refractivity (Wildman–Crippen MR) is 88.6 cm³/mol. The Kier molecular flexibility index (Phi) is 4.94. The van der Waals surface area contributed by atoms with E-state index in [9.17, 15) is 8.42 Å². The van der Waals surface area contributed by atoms with Crippen molar-refractivity contribution in [2.24, 2.45) is 5.73 Å². The molecule has 0 aliphatic carbocycles. The standard InChI is InChI=1S/C16H26N2O2S/c1-4-14(17)10-13-9-12(2)5-6-16(13)18(3)15-7-8-21(19,20)11-15/h5-6,9,14-15H,4,7-8,10-11,17H2,1-3H3. The quantitative estimate of drug-likeness (QED) is 0.902. The summed E-state index contributed by atoms with van der Waals surface area (Å²) in [6.45, 7) is 4.16. The Bertz CT molecular complexity index is 598. The van der Waals surface area contributed by atoms with Crippen molar-refractivity contribution in [2.45, 2.75) is 45.2 Å². The minimum absolute atomic E-state index is 0.0781. The fraction of sp³-hybridized carbons (Fsp3) is 0.625. The molecule has 2 rings (SSSR count). The number of hydrogen-bond donors (Lipinski definition) is 1. The SMILES string of the molecule is CCC(N)Cc1cc(C)ccc1N(C)C1CCS(=O)(=O)C1. The van der Waals surface area contributed by atoms with E-state index in [1.807, 2.05) is 7.05 Å². The van der Waals surface area contributed by atoms with Gasteiger partial charge in [-0.1, -0.05) is 24.6 Å². The van der Waals surface area contributed by atoms with Crippen LogP contribution in [-0.2, 0) is 16.3 Å². The molecule has 0 spiro atoms. The van der Waals surface area contributed by atoms with Gasteiger partial charge in [0.2, 0.25) is 0 Å². The number of hydrogen-bond acceptors (Lipinski definition) is 4. The summed E-state index contributed by atoms with van der Waals surface area (Å²) in [5.41, 5.74) is 9.65. The Morgan fingerprint density at radius 3 is 2.71 bits per heavy atom. The van der Waals surface area contributed by atoms with Crippen molar-refractivity contribution in [3.63, 3.8) is 0 Å². The normalized spacial score (nSPS) is 22.2. The Balaban J connectivity index is 2.26. The smallest absolute Gasteiger partial charge is 0.152 e. The fourth-order valence-electron chi connectivity index (χ4n) is 2.93. The second kappa shape index (κ2) is 6.36. The maximum Gasteiger partial charge on any atom is 0.152 e. The van der Waals surface area contributed by atoms with Gasteiger partial charge in [-0.05, 0) is 37.8 Å². The summed E-state index contributed by atoms with van der Waals surface area (Å²) in [5, 5.41) is 0. The van der Waals surface area contributed by atoms with E-state index >= 15 is 0 Å². The van der Waals surface area contributed by atoms with E-state index in [0.29, 0.717) is 12.2 Å².